The van der Waals surface area contributed by atoms with Gasteiger partial charge in [-0.1, -0.05) is 18.9 Å². The van der Waals surface area contributed by atoms with E-state index in [2.05, 4.69) is 6.07 Å². The molecule has 1 saturated carbocycles. The second-order valence-electron chi connectivity index (χ2n) is 5.68. The third-order valence-corrected chi connectivity index (χ3v) is 4.50. The van der Waals surface area contributed by atoms with Crippen LogP contribution in [0, 0.1) is 26.9 Å². The molecule has 0 atom stereocenters. The van der Waals surface area contributed by atoms with Crippen LogP contribution in [0.25, 0.3) is 0 Å². The molecule has 1 heterocycles. The highest BCUT2D eigenvalue weighted by Gasteiger charge is 2.45. The smallest absolute Gasteiger partial charge is 0.271 e. The molecule has 0 saturated heterocycles. The first-order valence-electron chi connectivity index (χ1n) is 7.08. The Morgan fingerprint density at radius 1 is 1.38 bits per heavy atom. The van der Waals surface area contributed by atoms with E-state index in [9.17, 15) is 20.2 Å². The number of hydrogen-bond donors (Lipinski definition) is 0. The van der Waals surface area contributed by atoms with Crippen LogP contribution in [0.3, 0.4) is 0 Å². The molecule has 0 aromatic heterocycles. The number of amides is 1. The fourth-order valence-corrected chi connectivity index (χ4v) is 3.30. The summed E-state index contributed by atoms with van der Waals surface area (Å²) in [6, 6.07) is 6.81. The Labute approximate surface area is 122 Å². The Morgan fingerprint density at radius 2 is 2.10 bits per heavy atom. The fourth-order valence-electron chi connectivity index (χ4n) is 3.30. The molecule has 1 aromatic carbocycles. The average molecular weight is 285 g/mol. The average Bonchev–Trinajstić information content (AvgIpc) is 3.13. The van der Waals surface area contributed by atoms with Gasteiger partial charge in [0.2, 0.25) is 5.91 Å². The molecule has 0 N–H and O–H groups in total. The second kappa shape index (κ2) is 4.85. The summed E-state index contributed by atoms with van der Waals surface area (Å²) in [7, 11) is 0. The van der Waals surface area contributed by atoms with E-state index in [1.165, 1.54) is 12.1 Å². The van der Waals surface area contributed by atoms with Crippen molar-refractivity contribution in [1.29, 1.82) is 5.26 Å². The van der Waals surface area contributed by atoms with Crippen LogP contribution >= 0.6 is 0 Å². The molecule has 6 heteroatoms. The summed E-state index contributed by atoms with van der Waals surface area (Å²) in [6.07, 6.45) is 3.62. The maximum atomic E-state index is 12.8. The molecule has 1 aliphatic heterocycles. The van der Waals surface area contributed by atoms with Gasteiger partial charge in [0.25, 0.3) is 5.69 Å². The van der Waals surface area contributed by atoms with Crippen LogP contribution in [0.2, 0.25) is 0 Å². The van der Waals surface area contributed by atoms with E-state index >= 15 is 0 Å². The zero-order valence-corrected chi connectivity index (χ0v) is 11.5. The molecule has 1 aliphatic carbocycles. The van der Waals surface area contributed by atoms with E-state index in [1.54, 1.807) is 11.0 Å². The Hall–Kier alpha value is -2.42. The summed E-state index contributed by atoms with van der Waals surface area (Å²) in [5.74, 6) is -0.193. The van der Waals surface area contributed by atoms with Gasteiger partial charge in [-0.25, -0.2) is 0 Å². The van der Waals surface area contributed by atoms with Gasteiger partial charge in [0.15, 0.2) is 0 Å². The van der Waals surface area contributed by atoms with Crippen molar-refractivity contribution in [2.45, 2.75) is 32.1 Å². The van der Waals surface area contributed by atoms with Crippen LogP contribution in [0.4, 0.5) is 11.4 Å². The number of carbonyl (C=O) groups is 1. The van der Waals surface area contributed by atoms with Crippen LogP contribution < -0.4 is 4.90 Å². The molecule has 108 valence electrons. The number of nitro groups is 1. The third kappa shape index (κ3) is 2.05. The second-order valence-corrected chi connectivity index (χ2v) is 5.68. The molecule has 1 amide bonds. The molecule has 2 aliphatic rings. The Morgan fingerprint density at radius 3 is 2.71 bits per heavy atom. The van der Waals surface area contributed by atoms with Crippen LogP contribution in [0.5, 0.6) is 0 Å². The minimum Gasteiger partial charge on any atom is -0.310 e. The lowest BCUT2D eigenvalue weighted by Crippen LogP contribution is -2.41. The summed E-state index contributed by atoms with van der Waals surface area (Å²) >= 11 is 0. The highest BCUT2D eigenvalue weighted by atomic mass is 16.6. The Kier molecular flexibility index (Phi) is 3.13. The molecule has 1 fully saturated rings. The number of nitrogens with zero attached hydrogens (tertiary/aromatic N) is 3. The van der Waals surface area contributed by atoms with Gasteiger partial charge in [-0.3, -0.25) is 14.9 Å². The predicted octanol–water partition coefficient (Wildman–Crippen LogP) is 2.57. The molecule has 0 unspecified atom stereocenters. The number of rotatable bonds is 2. The lowest BCUT2D eigenvalue weighted by molar-refractivity contribution is -0.384. The molecule has 0 spiro atoms. The van der Waals surface area contributed by atoms with Crippen LogP contribution in [-0.2, 0) is 11.2 Å². The number of hydrogen-bond acceptors (Lipinski definition) is 4. The summed E-state index contributed by atoms with van der Waals surface area (Å²) in [6.45, 7) is 0.499. The van der Waals surface area contributed by atoms with E-state index in [0.717, 1.165) is 18.4 Å². The summed E-state index contributed by atoms with van der Waals surface area (Å²) in [5.41, 5.74) is 0.563. The maximum absolute atomic E-state index is 12.8. The Balaban J connectivity index is 1.97. The zero-order chi connectivity index (χ0) is 15.0. The minimum absolute atomic E-state index is 0.0223. The van der Waals surface area contributed by atoms with Crippen molar-refractivity contribution in [3.63, 3.8) is 0 Å². The van der Waals surface area contributed by atoms with Gasteiger partial charge < -0.3 is 4.90 Å². The molecule has 21 heavy (non-hydrogen) atoms. The van der Waals surface area contributed by atoms with Gasteiger partial charge in [-0.05, 0) is 24.8 Å². The zero-order valence-electron chi connectivity index (χ0n) is 11.5. The quantitative estimate of drug-likeness (QED) is 0.617. The summed E-state index contributed by atoms with van der Waals surface area (Å²) < 4.78 is 0. The third-order valence-electron chi connectivity index (χ3n) is 4.50. The molecular weight excluding hydrogens is 270 g/mol. The summed E-state index contributed by atoms with van der Waals surface area (Å²) in [4.78, 5) is 24.8. The number of anilines is 1. The van der Waals surface area contributed by atoms with Gasteiger partial charge in [0.05, 0.1) is 16.7 Å². The molecule has 3 rings (SSSR count). The van der Waals surface area contributed by atoms with Crippen molar-refractivity contribution in [3.8, 4) is 6.07 Å². The van der Waals surface area contributed by atoms with Crippen molar-refractivity contribution >= 4 is 17.3 Å². The number of nitro benzene ring substituents is 1. The first kappa shape index (κ1) is 13.6. The number of nitriles is 1. The van der Waals surface area contributed by atoms with Crippen molar-refractivity contribution < 1.29 is 9.72 Å². The lowest BCUT2D eigenvalue weighted by Gasteiger charge is -2.26. The fraction of sp³-hybridized carbons (Fsp3) is 0.467. The first-order valence-corrected chi connectivity index (χ1v) is 7.08. The monoisotopic (exact) mass is 285 g/mol. The molecule has 1 aromatic rings. The van der Waals surface area contributed by atoms with Crippen molar-refractivity contribution in [1.82, 2.24) is 0 Å². The van der Waals surface area contributed by atoms with Gasteiger partial charge in [0.1, 0.15) is 5.41 Å². The van der Waals surface area contributed by atoms with Crippen molar-refractivity contribution in [3.05, 3.63) is 33.9 Å². The highest BCUT2D eigenvalue weighted by molar-refractivity contribution is 6.01. The van der Waals surface area contributed by atoms with E-state index < -0.39 is 10.3 Å². The standard InChI is InChI=1S/C15H15N3O3/c16-10-15(6-1-2-7-15)14(19)17-8-5-11-3-4-12(18(20)21)9-13(11)17/h3-4,9H,1-2,5-8H2. The van der Waals surface area contributed by atoms with Crippen molar-refractivity contribution in [2.75, 3.05) is 11.4 Å². The summed E-state index contributed by atoms with van der Waals surface area (Å²) in [5, 5.41) is 20.3. The van der Waals surface area contributed by atoms with Gasteiger partial charge >= 0.3 is 0 Å². The van der Waals surface area contributed by atoms with Crippen LogP contribution in [0.1, 0.15) is 31.2 Å². The number of carbonyl (C=O) groups excluding carboxylic acids is 1. The van der Waals surface area contributed by atoms with Gasteiger partial charge in [0, 0.05) is 18.7 Å². The normalized spacial score (nSPS) is 19.1. The van der Waals surface area contributed by atoms with Crippen molar-refractivity contribution in [2.24, 2.45) is 5.41 Å². The van der Waals surface area contributed by atoms with Gasteiger partial charge in [-0.2, -0.15) is 5.26 Å². The largest absolute Gasteiger partial charge is 0.310 e. The van der Waals surface area contributed by atoms with E-state index in [1.807, 2.05) is 0 Å². The number of benzene rings is 1. The van der Waals surface area contributed by atoms with Crippen LogP contribution in [0.15, 0.2) is 18.2 Å². The van der Waals surface area contributed by atoms with Crippen LogP contribution in [-0.4, -0.2) is 17.4 Å². The minimum atomic E-state index is -0.938. The topological polar surface area (TPSA) is 87.2 Å². The highest BCUT2D eigenvalue weighted by Crippen LogP contribution is 2.42. The first-order chi connectivity index (χ1) is 10.1. The SMILES string of the molecule is N#CC1(C(=O)N2CCc3ccc([N+](=O)[O-])cc32)CCCC1. The molecule has 6 nitrogen and oxygen atoms in total. The Bertz CT molecular complexity index is 657. The van der Waals surface area contributed by atoms with Gasteiger partial charge in [-0.15, -0.1) is 0 Å². The number of non-ortho nitro benzene ring substituents is 1. The van der Waals surface area contributed by atoms with E-state index in [-0.39, 0.29) is 11.6 Å². The maximum Gasteiger partial charge on any atom is 0.271 e. The van der Waals surface area contributed by atoms with E-state index in [4.69, 9.17) is 0 Å². The lowest BCUT2D eigenvalue weighted by atomic mass is 9.86. The molecular formula is C15H15N3O3. The van der Waals surface area contributed by atoms with E-state index in [0.29, 0.717) is 31.5 Å². The number of fused-ring (bicyclic) bond motifs is 1. The predicted molar refractivity (Wildman–Crippen MR) is 75.7 cm³/mol. The molecule has 0 radical (unpaired) electrons. The molecule has 0 bridgehead atoms.